The van der Waals surface area contributed by atoms with Gasteiger partial charge in [-0.15, -0.1) is 0 Å². The molecule has 1 aromatic heterocycles. The Bertz CT molecular complexity index is 620. The van der Waals surface area contributed by atoms with E-state index >= 15 is 0 Å². The summed E-state index contributed by atoms with van der Waals surface area (Å²) in [5.41, 5.74) is 1.96. The van der Waals surface area contributed by atoms with Crippen molar-refractivity contribution >= 4 is 0 Å². The lowest BCUT2D eigenvalue weighted by Crippen LogP contribution is -2.09. The third kappa shape index (κ3) is 2.07. The summed E-state index contributed by atoms with van der Waals surface area (Å²) in [6.45, 7) is 1.90. The molecule has 0 saturated heterocycles. The molecule has 1 heterocycles. The summed E-state index contributed by atoms with van der Waals surface area (Å²) in [5, 5.41) is 0. The van der Waals surface area contributed by atoms with Gasteiger partial charge in [0, 0.05) is 17.3 Å². The lowest BCUT2D eigenvalue weighted by atomic mass is 10.1. The molecule has 0 aliphatic carbocycles. The van der Waals surface area contributed by atoms with Crippen LogP contribution in [0.4, 0.5) is 0 Å². The number of H-pyrrole nitrogens is 1. The molecular formula is C13H14N2O3. The molecule has 1 N–H and O–H groups in total. The summed E-state index contributed by atoms with van der Waals surface area (Å²) in [7, 11) is 3.19. The normalized spacial score (nSPS) is 10.2. The SMILES string of the molecule is COc1ccc(-c2ccnc(=O)[nH]2)c(OC)c1C. The molecule has 0 aliphatic rings. The minimum absolute atomic E-state index is 0.386. The van der Waals surface area contributed by atoms with Crippen LogP contribution in [0.5, 0.6) is 11.5 Å². The summed E-state index contributed by atoms with van der Waals surface area (Å²) >= 11 is 0. The van der Waals surface area contributed by atoms with Crippen LogP contribution in [0.1, 0.15) is 5.56 Å². The molecule has 0 unspecified atom stereocenters. The molecule has 0 aliphatic heterocycles. The number of aromatic nitrogens is 2. The maximum Gasteiger partial charge on any atom is 0.345 e. The van der Waals surface area contributed by atoms with Gasteiger partial charge in [0.1, 0.15) is 11.5 Å². The van der Waals surface area contributed by atoms with E-state index in [2.05, 4.69) is 9.97 Å². The van der Waals surface area contributed by atoms with Crippen molar-refractivity contribution in [3.8, 4) is 22.8 Å². The van der Waals surface area contributed by atoms with Crippen molar-refractivity contribution in [2.75, 3.05) is 14.2 Å². The molecular weight excluding hydrogens is 232 g/mol. The van der Waals surface area contributed by atoms with Gasteiger partial charge in [-0.2, -0.15) is 0 Å². The molecule has 0 amide bonds. The van der Waals surface area contributed by atoms with Gasteiger partial charge in [0.15, 0.2) is 0 Å². The van der Waals surface area contributed by atoms with Crippen LogP contribution >= 0.6 is 0 Å². The molecule has 2 aromatic rings. The van der Waals surface area contributed by atoms with E-state index in [0.717, 1.165) is 16.9 Å². The predicted molar refractivity (Wildman–Crippen MR) is 68.1 cm³/mol. The van der Waals surface area contributed by atoms with E-state index in [1.807, 2.05) is 19.1 Å². The number of methoxy groups -OCH3 is 2. The minimum atomic E-state index is -0.386. The highest BCUT2D eigenvalue weighted by molar-refractivity contribution is 5.71. The second-order valence-electron chi connectivity index (χ2n) is 3.76. The fourth-order valence-electron chi connectivity index (χ4n) is 1.90. The summed E-state index contributed by atoms with van der Waals surface area (Å²) in [5.74, 6) is 1.42. The zero-order valence-electron chi connectivity index (χ0n) is 10.5. The first-order valence-electron chi connectivity index (χ1n) is 5.44. The lowest BCUT2D eigenvalue weighted by Gasteiger charge is -2.14. The summed E-state index contributed by atoms with van der Waals surface area (Å²) in [6.07, 6.45) is 1.47. The largest absolute Gasteiger partial charge is 0.496 e. The van der Waals surface area contributed by atoms with E-state index in [0.29, 0.717) is 11.4 Å². The first-order valence-corrected chi connectivity index (χ1v) is 5.44. The zero-order chi connectivity index (χ0) is 13.1. The van der Waals surface area contributed by atoms with Crippen molar-refractivity contribution in [3.05, 3.63) is 40.4 Å². The van der Waals surface area contributed by atoms with Crippen molar-refractivity contribution in [2.45, 2.75) is 6.92 Å². The number of ether oxygens (including phenoxy) is 2. The van der Waals surface area contributed by atoms with Crippen LogP contribution in [-0.2, 0) is 0 Å². The topological polar surface area (TPSA) is 64.2 Å². The van der Waals surface area contributed by atoms with Gasteiger partial charge in [-0.3, -0.25) is 0 Å². The van der Waals surface area contributed by atoms with E-state index in [9.17, 15) is 4.79 Å². The molecule has 0 fully saturated rings. The fourth-order valence-corrected chi connectivity index (χ4v) is 1.90. The monoisotopic (exact) mass is 246 g/mol. The number of benzene rings is 1. The van der Waals surface area contributed by atoms with Gasteiger partial charge in [0.05, 0.1) is 19.9 Å². The average molecular weight is 246 g/mol. The highest BCUT2D eigenvalue weighted by Gasteiger charge is 2.13. The Morgan fingerprint density at radius 3 is 2.56 bits per heavy atom. The Morgan fingerprint density at radius 1 is 1.17 bits per heavy atom. The summed E-state index contributed by atoms with van der Waals surface area (Å²) in [6, 6.07) is 5.41. The molecule has 94 valence electrons. The van der Waals surface area contributed by atoms with Gasteiger partial charge >= 0.3 is 5.69 Å². The van der Waals surface area contributed by atoms with E-state index in [4.69, 9.17) is 9.47 Å². The zero-order valence-corrected chi connectivity index (χ0v) is 10.5. The predicted octanol–water partition coefficient (Wildman–Crippen LogP) is 1.76. The van der Waals surface area contributed by atoms with E-state index < -0.39 is 0 Å². The van der Waals surface area contributed by atoms with Crippen molar-refractivity contribution in [3.63, 3.8) is 0 Å². The van der Waals surface area contributed by atoms with Crippen LogP contribution in [0, 0.1) is 6.92 Å². The molecule has 5 heteroatoms. The van der Waals surface area contributed by atoms with Gasteiger partial charge < -0.3 is 14.5 Å². The van der Waals surface area contributed by atoms with Crippen molar-refractivity contribution in [1.29, 1.82) is 0 Å². The first-order chi connectivity index (χ1) is 8.67. The number of nitrogens with one attached hydrogen (secondary N) is 1. The third-order valence-electron chi connectivity index (χ3n) is 2.74. The number of nitrogens with zero attached hydrogens (tertiary/aromatic N) is 1. The number of hydrogen-bond acceptors (Lipinski definition) is 4. The third-order valence-corrected chi connectivity index (χ3v) is 2.74. The number of rotatable bonds is 3. The van der Waals surface area contributed by atoms with Gasteiger partial charge in [-0.05, 0) is 25.1 Å². The van der Waals surface area contributed by atoms with Crippen molar-refractivity contribution in [2.24, 2.45) is 0 Å². The Balaban J connectivity index is 2.65. The molecule has 0 radical (unpaired) electrons. The molecule has 18 heavy (non-hydrogen) atoms. The number of hydrogen-bond donors (Lipinski definition) is 1. The lowest BCUT2D eigenvalue weighted by molar-refractivity contribution is 0.390. The maximum absolute atomic E-state index is 11.2. The molecule has 0 spiro atoms. The molecule has 2 rings (SSSR count). The van der Waals surface area contributed by atoms with Crippen molar-refractivity contribution in [1.82, 2.24) is 9.97 Å². The van der Waals surface area contributed by atoms with Crippen LogP contribution in [0.2, 0.25) is 0 Å². The maximum atomic E-state index is 11.2. The Labute approximate surface area is 104 Å². The molecule has 0 saturated carbocycles. The first kappa shape index (κ1) is 12.2. The molecule has 5 nitrogen and oxygen atoms in total. The van der Waals surface area contributed by atoms with Gasteiger partial charge in [0.25, 0.3) is 0 Å². The average Bonchev–Trinajstić information content (AvgIpc) is 2.38. The van der Waals surface area contributed by atoms with Gasteiger partial charge in [0.2, 0.25) is 0 Å². The smallest absolute Gasteiger partial charge is 0.345 e. The second-order valence-corrected chi connectivity index (χ2v) is 3.76. The van der Waals surface area contributed by atoms with E-state index in [-0.39, 0.29) is 5.69 Å². The summed E-state index contributed by atoms with van der Waals surface area (Å²) < 4.78 is 10.6. The van der Waals surface area contributed by atoms with Crippen LogP contribution in [-0.4, -0.2) is 24.2 Å². The van der Waals surface area contributed by atoms with Crippen LogP contribution in [0.25, 0.3) is 11.3 Å². The summed E-state index contributed by atoms with van der Waals surface area (Å²) in [4.78, 5) is 17.5. The highest BCUT2D eigenvalue weighted by atomic mass is 16.5. The highest BCUT2D eigenvalue weighted by Crippen LogP contribution is 2.36. The molecule has 0 atom stereocenters. The van der Waals surface area contributed by atoms with Crippen LogP contribution < -0.4 is 15.2 Å². The van der Waals surface area contributed by atoms with Crippen LogP contribution in [0.3, 0.4) is 0 Å². The molecule has 1 aromatic carbocycles. The van der Waals surface area contributed by atoms with E-state index in [1.54, 1.807) is 20.3 Å². The van der Waals surface area contributed by atoms with Crippen LogP contribution in [0.15, 0.2) is 29.2 Å². The number of aromatic amines is 1. The standard InChI is InChI=1S/C13H14N2O3/c1-8-11(17-2)5-4-9(12(8)18-3)10-6-7-14-13(16)15-10/h4-7H,1-3H3,(H,14,15,16). The van der Waals surface area contributed by atoms with Gasteiger partial charge in [-0.1, -0.05) is 0 Å². The van der Waals surface area contributed by atoms with Gasteiger partial charge in [-0.25, -0.2) is 9.78 Å². The minimum Gasteiger partial charge on any atom is -0.496 e. The van der Waals surface area contributed by atoms with Crippen molar-refractivity contribution < 1.29 is 9.47 Å². The Kier molecular flexibility index (Phi) is 3.32. The quantitative estimate of drug-likeness (QED) is 0.896. The van der Waals surface area contributed by atoms with E-state index in [1.165, 1.54) is 6.20 Å². The second kappa shape index (κ2) is 4.91. The fraction of sp³-hybridized carbons (Fsp3) is 0.231. The Morgan fingerprint density at radius 2 is 1.94 bits per heavy atom. The Hall–Kier alpha value is -2.30. The molecule has 0 bridgehead atoms.